The average molecular weight is 270 g/mol. The van der Waals surface area contributed by atoms with E-state index in [1.807, 2.05) is 30.3 Å². The highest BCUT2D eigenvalue weighted by atomic mass is 16.3. The lowest BCUT2D eigenvalue weighted by Gasteiger charge is -2.42. The number of aliphatic hydroxyl groups excluding tert-OH is 1. The van der Waals surface area contributed by atoms with Gasteiger partial charge in [0.25, 0.3) is 0 Å². The van der Waals surface area contributed by atoms with E-state index in [-0.39, 0.29) is 11.7 Å². The van der Waals surface area contributed by atoms with Crippen molar-refractivity contribution in [2.24, 2.45) is 5.41 Å². The maximum atomic E-state index is 12.6. The molecular formula is C18H22O2. The zero-order valence-corrected chi connectivity index (χ0v) is 11.8. The Balaban J connectivity index is 2.25. The molecule has 0 amide bonds. The molecule has 0 aromatic heterocycles. The molecule has 20 heavy (non-hydrogen) atoms. The predicted molar refractivity (Wildman–Crippen MR) is 81.5 cm³/mol. The van der Waals surface area contributed by atoms with E-state index in [1.54, 1.807) is 12.2 Å². The van der Waals surface area contributed by atoms with Gasteiger partial charge < -0.3 is 5.11 Å². The number of aliphatic hydroxyl groups is 1. The second kappa shape index (κ2) is 6.19. The first-order valence-corrected chi connectivity index (χ1v) is 7.12. The van der Waals surface area contributed by atoms with Crippen molar-refractivity contribution in [3.63, 3.8) is 0 Å². The van der Waals surface area contributed by atoms with Crippen LogP contribution in [0.25, 0.3) is 0 Å². The first-order chi connectivity index (χ1) is 9.64. The molecule has 0 saturated heterocycles. The molecule has 0 spiro atoms. The van der Waals surface area contributed by atoms with Crippen LogP contribution >= 0.6 is 0 Å². The summed E-state index contributed by atoms with van der Waals surface area (Å²) in [6, 6.07) is 9.96. The highest BCUT2D eigenvalue weighted by Gasteiger charge is 2.47. The number of ketones is 1. The van der Waals surface area contributed by atoms with Crippen LogP contribution < -0.4 is 0 Å². The molecule has 0 heterocycles. The highest BCUT2D eigenvalue weighted by molar-refractivity contribution is 5.87. The quantitative estimate of drug-likeness (QED) is 0.829. The van der Waals surface area contributed by atoms with Crippen LogP contribution in [0.5, 0.6) is 0 Å². The molecule has 2 rings (SSSR count). The molecule has 0 bridgehead atoms. The fraction of sp³-hybridized carbons (Fsp3) is 0.389. The maximum Gasteiger partial charge on any atom is 0.142 e. The van der Waals surface area contributed by atoms with Crippen LogP contribution in [0.3, 0.4) is 0 Å². The highest BCUT2D eigenvalue weighted by Crippen LogP contribution is 2.45. The minimum absolute atomic E-state index is 0.112. The van der Waals surface area contributed by atoms with Crippen LogP contribution in [0.15, 0.2) is 55.6 Å². The fourth-order valence-electron chi connectivity index (χ4n) is 3.27. The molecular weight excluding hydrogens is 248 g/mol. The Kier molecular flexibility index (Phi) is 4.56. The number of carbonyl (C=O) groups excluding carboxylic acids is 1. The second-order valence-corrected chi connectivity index (χ2v) is 5.63. The molecule has 2 heteroatoms. The van der Waals surface area contributed by atoms with Crippen molar-refractivity contribution in [3.05, 3.63) is 61.2 Å². The molecule has 1 N–H and O–H groups in total. The number of carbonyl (C=O) groups is 1. The van der Waals surface area contributed by atoms with E-state index in [0.29, 0.717) is 25.7 Å². The van der Waals surface area contributed by atoms with E-state index in [2.05, 4.69) is 13.2 Å². The smallest absolute Gasteiger partial charge is 0.142 e. The SMILES string of the molecule is C=CCC1(CC=C)C(=O)CC(c2ccccc2)CC1O. The van der Waals surface area contributed by atoms with Gasteiger partial charge in [0.15, 0.2) is 0 Å². The second-order valence-electron chi connectivity index (χ2n) is 5.63. The third-order valence-electron chi connectivity index (χ3n) is 4.42. The number of hydrogen-bond donors (Lipinski definition) is 1. The molecule has 1 aromatic carbocycles. The monoisotopic (exact) mass is 270 g/mol. The van der Waals surface area contributed by atoms with Gasteiger partial charge in [-0.05, 0) is 30.7 Å². The Morgan fingerprint density at radius 2 is 1.80 bits per heavy atom. The van der Waals surface area contributed by atoms with Crippen molar-refractivity contribution < 1.29 is 9.90 Å². The molecule has 1 saturated carbocycles. The summed E-state index contributed by atoms with van der Waals surface area (Å²) in [7, 11) is 0. The number of Topliss-reactive ketones (excluding diaryl/α,β-unsaturated/α-hetero) is 1. The Morgan fingerprint density at radius 3 is 2.30 bits per heavy atom. The van der Waals surface area contributed by atoms with Crippen LogP contribution in [-0.4, -0.2) is 17.0 Å². The van der Waals surface area contributed by atoms with E-state index < -0.39 is 11.5 Å². The van der Waals surface area contributed by atoms with E-state index in [1.165, 1.54) is 0 Å². The average Bonchev–Trinajstić information content (AvgIpc) is 2.45. The summed E-state index contributed by atoms with van der Waals surface area (Å²) in [5.41, 5.74) is 0.417. The molecule has 1 aliphatic rings. The molecule has 2 nitrogen and oxygen atoms in total. The van der Waals surface area contributed by atoms with Gasteiger partial charge in [-0.3, -0.25) is 4.79 Å². The van der Waals surface area contributed by atoms with E-state index in [0.717, 1.165) is 5.56 Å². The first-order valence-electron chi connectivity index (χ1n) is 7.12. The zero-order chi connectivity index (χ0) is 14.6. The zero-order valence-electron chi connectivity index (χ0n) is 11.8. The van der Waals surface area contributed by atoms with Gasteiger partial charge in [0, 0.05) is 6.42 Å². The summed E-state index contributed by atoms with van der Waals surface area (Å²) in [6.07, 6.45) is 4.97. The van der Waals surface area contributed by atoms with Gasteiger partial charge in [-0.2, -0.15) is 0 Å². The standard InChI is InChI=1S/C18H22O2/c1-3-10-18(11-4-2)16(19)12-15(13-17(18)20)14-8-6-5-7-9-14/h3-9,15-16,19H,1-2,10-13H2. The number of allylic oxidation sites excluding steroid dienone is 2. The van der Waals surface area contributed by atoms with Crippen LogP contribution in [0.2, 0.25) is 0 Å². The van der Waals surface area contributed by atoms with Crippen molar-refractivity contribution in [1.82, 2.24) is 0 Å². The topological polar surface area (TPSA) is 37.3 Å². The van der Waals surface area contributed by atoms with Gasteiger partial charge in [0.2, 0.25) is 0 Å². The Labute approximate surface area is 120 Å². The van der Waals surface area contributed by atoms with Gasteiger partial charge in [-0.15, -0.1) is 13.2 Å². The summed E-state index contributed by atoms with van der Waals surface area (Å²) < 4.78 is 0. The van der Waals surface area contributed by atoms with E-state index in [9.17, 15) is 9.90 Å². The third kappa shape index (κ3) is 2.61. The lowest BCUT2D eigenvalue weighted by molar-refractivity contribution is -0.140. The van der Waals surface area contributed by atoms with Crippen molar-refractivity contribution in [2.45, 2.75) is 37.7 Å². The lowest BCUT2D eigenvalue weighted by Crippen LogP contribution is -2.47. The van der Waals surface area contributed by atoms with Crippen molar-refractivity contribution in [2.75, 3.05) is 0 Å². The maximum absolute atomic E-state index is 12.6. The van der Waals surface area contributed by atoms with Gasteiger partial charge >= 0.3 is 0 Å². The van der Waals surface area contributed by atoms with E-state index >= 15 is 0 Å². The molecule has 0 radical (unpaired) electrons. The van der Waals surface area contributed by atoms with E-state index in [4.69, 9.17) is 0 Å². The first kappa shape index (κ1) is 14.7. The van der Waals surface area contributed by atoms with Gasteiger partial charge in [-0.1, -0.05) is 42.5 Å². The molecule has 0 aliphatic heterocycles. The van der Waals surface area contributed by atoms with Crippen molar-refractivity contribution in [1.29, 1.82) is 0 Å². The van der Waals surface area contributed by atoms with Gasteiger partial charge in [-0.25, -0.2) is 0 Å². The third-order valence-corrected chi connectivity index (χ3v) is 4.42. The lowest BCUT2D eigenvalue weighted by atomic mass is 9.63. The molecule has 106 valence electrons. The van der Waals surface area contributed by atoms with Crippen LogP contribution in [0.4, 0.5) is 0 Å². The van der Waals surface area contributed by atoms with Crippen LogP contribution in [-0.2, 0) is 4.79 Å². The Hall–Kier alpha value is -1.67. The number of hydrogen-bond acceptors (Lipinski definition) is 2. The largest absolute Gasteiger partial charge is 0.392 e. The van der Waals surface area contributed by atoms with Crippen molar-refractivity contribution in [3.8, 4) is 0 Å². The predicted octanol–water partition coefficient (Wildman–Crippen LogP) is 3.63. The number of rotatable bonds is 5. The normalized spacial score (nSPS) is 25.1. The minimum atomic E-state index is -0.714. The summed E-state index contributed by atoms with van der Waals surface area (Å²) >= 11 is 0. The molecule has 1 fully saturated rings. The summed E-state index contributed by atoms with van der Waals surface area (Å²) in [4.78, 5) is 12.6. The fourth-order valence-corrected chi connectivity index (χ4v) is 3.27. The molecule has 1 aliphatic carbocycles. The van der Waals surface area contributed by atoms with Crippen LogP contribution in [0, 0.1) is 5.41 Å². The summed E-state index contributed by atoms with van der Waals surface area (Å²) in [5.74, 6) is 0.242. The molecule has 2 unspecified atom stereocenters. The number of benzene rings is 1. The van der Waals surface area contributed by atoms with Crippen LogP contribution in [0.1, 0.15) is 37.2 Å². The summed E-state index contributed by atoms with van der Waals surface area (Å²) in [6.45, 7) is 7.46. The summed E-state index contributed by atoms with van der Waals surface area (Å²) in [5, 5.41) is 10.6. The molecule has 2 atom stereocenters. The molecule has 1 aromatic rings. The Morgan fingerprint density at radius 1 is 1.20 bits per heavy atom. The Bertz CT molecular complexity index is 479. The van der Waals surface area contributed by atoms with Crippen molar-refractivity contribution >= 4 is 5.78 Å². The van der Waals surface area contributed by atoms with Gasteiger partial charge in [0.05, 0.1) is 11.5 Å². The minimum Gasteiger partial charge on any atom is -0.392 e. The van der Waals surface area contributed by atoms with Gasteiger partial charge in [0.1, 0.15) is 5.78 Å².